The van der Waals surface area contributed by atoms with E-state index in [1.807, 2.05) is 60.7 Å². The van der Waals surface area contributed by atoms with E-state index in [0.717, 1.165) is 16.7 Å². The third-order valence-electron chi connectivity index (χ3n) is 4.59. The maximum Gasteiger partial charge on any atom is 0.326 e. The van der Waals surface area contributed by atoms with Gasteiger partial charge in [0.1, 0.15) is 25.0 Å². The molecule has 1 atom stereocenters. The van der Waals surface area contributed by atoms with E-state index in [4.69, 9.17) is 9.47 Å². The van der Waals surface area contributed by atoms with Crippen LogP contribution in [0.5, 0.6) is 5.75 Å². The lowest BCUT2D eigenvalue weighted by Crippen LogP contribution is -2.43. The number of ether oxygens (including phenoxy) is 2. The largest absolute Gasteiger partial charge is 0.489 e. The van der Waals surface area contributed by atoms with Crippen LogP contribution < -0.4 is 10.1 Å². The minimum atomic E-state index is -1.10. The van der Waals surface area contributed by atoms with E-state index in [0.29, 0.717) is 12.4 Å². The van der Waals surface area contributed by atoms with Gasteiger partial charge in [0.05, 0.1) is 6.61 Å². The van der Waals surface area contributed by atoms with Gasteiger partial charge in [-0.25, -0.2) is 4.79 Å². The number of hydrogen-bond acceptors (Lipinski definition) is 4. The summed E-state index contributed by atoms with van der Waals surface area (Å²) in [6.45, 7) is 0.540. The maximum atomic E-state index is 12.1. The van der Waals surface area contributed by atoms with Crippen LogP contribution in [0.2, 0.25) is 0 Å². The minimum Gasteiger partial charge on any atom is -0.489 e. The van der Waals surface area contributed by atoms with E-state index in [1.165, 1.54) is 0 Å². The molecule has 3 aromatic rings. The Morgan fingerprint density at radius 2 is 1.35 bits per heavy atom. The van der Waals surface area contributed by atoms with Crippen LogP contribution in [-0.4, -0.2) is 29.6 Å². The van der Waals surface area contributed by atoms with Crippen molar-refractivity contribution in [3.63, 3.8) is 0 Å². The molecule has 0 saturated carbocycles. The molecule has 1 amide bonds. The van der Waals surface area contributed by atoms with Gasteiger partial charge in [-0.15, -0.1) is 0 Å². The summed E-state index contributed by atoms with van der Waals surface area (Å²) in [5.41, 5.74) is 2.79. The fraction of sp³-hybridized carbons (Fsp3) is 0.200. The summed E-state index contributed by atoms with van der Waals surface area (Å²) in [5, 5.41) is 12.0. The second-order valence-electron chi connectivity index (χ2n) is 7.06. The zero-order chi connectivity index (χ0) is 21.9. The van der Waals surface area contributed by atoms with Crippen LogP contribution in [-0.2, 0) is 34.0 Å². The van der Waals surface area contributed by atoms with Gasteiger partial charge in [-0.05, 0) is 28.8 Å². The first-order chi connectivity index (χ1) is 15.1. The van der Waals surface area contributed by atoms with Crippen molar-refractivity contribution in [3.05, 3.63) is 102 Å². The van der Waals surface area contributed by atoms with Crippen LogP contribution >= 0.6 is 0 Å². The first kappa shape index (κ1) is 22.1. The van der Waals surface area contributed by atoms with E-state index >= 15 is 0 Å². The third-order valence-corrected chi connectivity index (χ3v) is 4.59. The highest BCUT2D eigenvalue weighted by atomic mass is 16.5. The van der Waals surface area contributed by atoms with Gasteiger partial charge in [-0.2, -0.15) is 0 Å². The van der Waals surface area contributed by atoms with Gasteiger partial charge >= 0.3 is 5.97 Å². The number of nitrogens with one attached hydrogen (secondary N) is 1. The Balaban J connectivity index is 1.46. The van der Waals surface area contributed by atoms with Crippen molar-refractivity contribution in [1.29, 1.82) is 0 Å². The molecule has 0 heterocycles. The van der Waals surface area contributed by atoms with Gasteiger partial charge in [0, 0.05) is 6.42 Å². The molecule has 0 radical (unpaired) electrons. The first-order valence-electron chi connectivity index (χ1n) is 9.99. The SMILES string of the molecule is O=C(COCc1ccccc1)N[C@@H](Cc1ccc(OCc2ccccc2)cc1)C(=O)O. The van der Waals surface area contributed by atoms with Crippen LogP contribution in [0.25, 0.3) is 0 Å². The molecule has 0 aliphatic heterocycles. The van der Waals surface area contributed by atoms with Crippen molar-refractivity contribution in [2.24, 2.45) is 0 Å². The van der Waals surface area contributed by atoms with Crippen LogP contribution in [0.15, 0.2) is 84.9 Å². The summed E-state index contributed by atoms with van der Waals surface area (Å²) in [4.78, 5) is 23.7. The Kier molecular flexibility index (Phi) is 8.20. The lowest BCUT2D eigenvalue weighted by molar-refractivity contribution is -0.142. The zero-order valence-corrected chi connectivity index (χ0v) is 17.1. The molecule has 3 rings (SSSR count). The molecule has 2 N–H and O–H groups in total. The molecule has 0 spiro atoms. The Morgan fingerprint density at radius 1 is 0.774 bits per heavy atom. The lowest BCUT2D eigenvalue weighted by atomic mass is 10.1. The maximum absolute atomic E-state index is 12.1. The number of carbonyl (C=O) groups is 2. The number of amides is 1. The molecule has 0 fully saturated rings. The number of carboxylic acids is 1. The molecule has 6 nitrogen and oxygen atoms in total. The highest BCUT2D eigenvalue weighted by molar-refractivity contribution is 5.84. The predicted molar refractivity (Wildman–Crippen MR) is 117 cm³/mol. The molecule has 0 aromatic heterocycles. The summed E-state index contributed by atoms with van der Waals surface area (Å²) in [6, 6.07) is 25.4. The van der Waals surface area contributed by atoms with Crippen LogP contribution in [0.1, 0.15) is 16.7 Å². The quantitative estimate of drug-likeness (QED) is 0.496. The highest BCUT2D eigenvalue weighted by Gasteiger charge is 2.20. The zero-order valence-electron chi connectivity index (χ0n) is 17.1. The minimum absolute atomic E-state index is 0.165. The molecule has 3 aromatic carbocycles. The Morgan fingerprint density at radius 3 is 1.94 bits per heavy atom. The van der Waals surface area contributed by atoms with Gasteiger partial charge in [0.15, 0.2) is 0 Å². The number of aliphatic carboxylic acids is 1. The fourth-order valence-corrected chi connectivity index (χ4v) is 2.97. The predicted octanol–water partition coefficient (Wildman–Crippen LogP) is 3.59. The average Bonchev–Trinajstić information content (AvgIpc) is 2.79. The summed E-state index contributed by atoms with van der Waals surface area (Å²) in [6.07, 6.45) is 0.165. The van der Waals surface area contributed by atoms with Crippen LogP contribution in [0, 0.1) is 0 Å². The fourth-order valence-electron chi connectivity index (χ4n) is 2.97. The molecule has 160 valence electrons. The molecule has 0 bridgehead atoms. The van der Waals surface area contributed by atoms with Crippen molar-refractivity contribution in [2.45, 2.75) is 25.7 Å². The standard InChI is InChI=1S/C25H25NO5/c27-24(18-30-16-20-7-3-1-4-8-20)26-23(25(28)29)15-19-11-13-22(14-12-19)31-17-21-9-5-2-6-10-21/h1-14,23H,15-18H2,(H,26,27)(H,28,29)/t23-/m0/s1. The number of benzene rings is 3. The summed E-state index contributed by atoms with van der Waals surface area (Å²) in [5.74, 6) is -0.871. The Hall–Kier alpha value is -3.64. The van der Waals surface area contributed by atoms with Gasteiger partial charge in [0.2, 0.25) is 5.91 Å². The van der Waals surface area contributed by atoms with Crippen molar-refractivity contribution >= 4 is 11.9 Å². The number of rotatable bonds is 11. The Bertz CT molecular complexity index is 958. The van der Waals surface area contributed by atoms with Crippen LogP contribution in [0.3, 0.4) is 0 Å². The molecule has 0 aliphatic rings. The number of carboxylic acid groups (broad SMARTS) is 1. The van der Waals surface area contributed by atoms with E-state index in [2.05, 4.69) is 5.32 Å². The van der Waals surface area contributed by atoms with Crippen LogP contribution in [0.4, 0.5) is 0 Å². The van der Waals surface area contributed by atoms with E-state index in [1.54, 1.807) is 24.3 Å². The summed E-state index contributed by atoms with van der Waals surface area (Å²) >= 11 is 0. The first-order valence-corrected chi connectivity index (χ1v) is 9.99. The monoisotopic (exact) mass is 419 g/mol. The Labute approximate surface area is 181 Å². The van der Waals surface area contributed by atoms with Crippen molar-refractivity contribution in [1.82, 2.24) is 5.32 Å². The second kappa shape index (κ2) is 11.5. The van der Waals surface area contributed by atoms with E-state index < -0.39 is 17.9 Å². The highest BCUT2D eigenvalue weighted by Crippen LogP contribution is 2.15. The van der Waals surface area contributed by atoms with Crippen molar-refractivity contribution < 1.29 is 24.2 Å². The van der Waals surface area contributed by atoms with Gasteiger partial charge in [-0.1, -0.05) is 72.8 Å². The third kappa shape index (κ3) is 7.60. The molecule has 31 heavy (non-hydrogen) atoms. The van der Waals surface area contributed by atoms with Gasteiger partial charge in [0.25, 0.3) is 0 Å². The molecule has 6 heteroatoms. The molecular weight excluding hydrogens is 394 g/mol. The topological polar surface area (TPSA) is 84.9 Å². The molecule has 0 aliphatic carbocycles. The van der Waals surface area contributed by atoms with E-state index in [9.17, 15) is 14.7 Å². The molecular formula is C25H25NO5. The number of carbonyl (C=O) groups excluding carboxylic acids is 1. The lowest BCUT2D eigenvalue weighted by Gasteiger charge is -2.15. The normalized spacial score (nSPS) is 11.5. The second-order valence-corrected chi connectivity index (χ2v) is 7.06. The van der Waals surface area contributed by atoms with Gasteiger partial charge in [-0.3, -0.25) is 4.79 Å². The number of hydrogen-bond donors (Lipinski definition) is 2. The molecule has 0 saturated heterocycles. The van der Waals surface area contributed by atoms with Crippen molar-refractivity contribution in [3.8, 4) is 5.75 Å². The van der Waals surface area contributed by atoms with Crippen molar-refractivity contribution in [2.75, 3.05) is 6.61 Å². The summed E-state index contributed by atoms with van der Waals surface area (Å²) in [7, 11) is 0. The smallest absolute Gasteiger partial charge is 0.326 e. The molecule has 0 unspecified atom stereocenters. The van der Waals surface area contributed by atoms with E-state index in [-0.39, 0.29) is 19.6 Å². The van der Waals surface area contributed by atoms with Gasteiger partial charge < -0.3 is 19.9 Å². The summed E-state index contributed by atoms with van der Waals surface area (Å²) < 4.78 is 11.1. The average molecular weight is 419 g/mol.